The van der Waals surface area contributed by atoms with Gasteiger partial charge in [0.2, 0.25) is 5.91 Å². The number of para-hydroxylation sites is 1. The maximum Gasteiger partial charge on any atom is 0.246 e. The molecule has 1 aliphatic rings. The average molecular weight is 388 g/mol. The van der Waals surface area contributed by atoms with Crippen LogP contribution in [0.4, 0.5) is 5.82 Å². The molecule has 0 unspecified atom stereocenters. The lowest BCUT2D eigenvalue weighted by Crippen LogP contribution is -2.40. The third kappa shape index (κ3) is 4.16. The summed E-state index contributed by atoms with van der Waals surface area (Å²) < 4.78 is 7.68. The molecule has 148 valence electrons. The van der Waals surface area contributed by atoms with Crippen molar-refractivity contribution in [2.75, 3.05) is 18.8 Å². The van der Waals surface area contributed by atoms with Crippen molar-refractivity contribution in [2.45, 2.75) is 18.9 Å². The van der Waals surface area contributed by atoms with Crippen molar-refractivity contribution in [3.8, 4) is 22.8 Å². The van der Waals surface area contributed by atoms with Gasteiger partial charge in [-0.15, -0.1) is 0 Å². The average Bonchev–Trinajstić information content (AvgIpc) is 3.16. The number of hydrogen-bond donors (Lipinski definition) is 1. The minimum absolute atomic E-state index is 0.0466. The zero-order chi connectivity index (χ0) is 20.2. The van der Waals surface area contributed by atoms with Crippen LogP contribution in [0.2, 0.25) is 0 Å². The number of carbonyl (C=O) groups is 1. The van der Waals surface area contributed by atoms with Gasteiger partial charge >= 0.3 is 0 Å². The normalized spacial score (nSPS) is 16.4. The number of benzene rings is 2. The van der Waals surface area contributed by atoms with Crippen molar-refractivity contribution in [3.05, 3.63) is 73.3 Å². The Labute approximate surface area is 170 Å². The van der Waals surface area contributed by atoms with Crippen molar-refractivity contribution in [1.29, 1.82) is 0 Å². The standard InChI is InChI=1S/C23H24N4O2/c1-2-23(28)26-14-6-7-18(16-26)27-22(24)15-21(25-27)17-10-12-20(13-11-17)29-19-8-4-3-5-9-19/h2-5,8-13,15,18H,1,6-7,14,16,24H2/t18-/m0/s1. The number of anilines is 1. The third-order valence-electron chi connectivity index (χ3n) is 5.12. The molecule has 29 heavy (non-hydrogen) atoms. The van der Waals surface area contributed by atoms with Gasteiger partial charge in [-0.3, -0.25) is 4.79 Å². The van der Waals surface area contributed by atoms with Crippen LogP contribution in [0.15, 0.2) is 73.3 Å². The van der Waals surface area contributed by atoms with Crippen LogP contribution in [0.1, 0.15) is 18.9 Å². The molecule has 3 aromatic rings. The first kappa shape index (κ1) is 18.8. The fourth-order valence-electron chi connectivity index (χ4n) is 3.64. The summed E-state index contributed by atoms with van der Waals surface area (Å²) in [5.74, 6) is 2.11. The van der Waals surface area contributed by atoms with Gasteiger partial charge in [0.25, 0.3) is 0 Å². The second kappa shape index (κ2) is 8.22. The van der Waals surface area contributed by atoms with E-state index in [0.29, 0.717) is 12.4 Å². The molecule has 2 N–H and O–H groups in total. The highest BCUT2D eigenvalue weighted by Crippen LogP contribution is 2.29. The molecule has 1 atom stereocenters. The van der Waals surface area contributed by atoms with Crippen LogP contribution in [0, 0.1) is 0 Å². The quantitative estimate of drug-likeness (QED) is 0.662. The van der Waals surface area contributed by atoms with Gasteiger partial charge in [0.1, 0.15) is 17.3 Å². The topological polar surface area (TPSA) is 73.4 Å². The van der Waals surface area contributed by atoms with Crippen LogP contribution in [0.5, 0.6) is 11.5 Å². The summed E-state index contributed by atoms with van der Waals surface area (Å²) in [5, 5.41) is 4.72. The van der Waals surface area contributed by atoms with Crippen LogP contribution in [-0.4, -0.2) is 33.7 Å². The lowest BCUT2D eigenvalue weighted by atomic mass is 10.1. The number of hydrogen-bond acceptors (Lipinski definition) is 4. The van der Waals surface area contributed by atoms with E-state index in [9.17, 15) is 4.79 Å². The van der Waals surface area contributed by atoms with Gasteiger partial charge in [-0.2, -0.15) is 5.10 Å². The summed E-state index contributed by atoms with van der Waals surface area (Å²) in [6, 6.07) is 19.4. The number of ether oxygens (including phenoxy) is 1. The number of likely N-dealkylation sites (tertiary alicyclic amines) is 1. The van der Waals surface area contributed by atoms with Crippen LogP contribution in [0.25, 0.3) is 11.3 Å². The fraction of sp³-hybridized carbons (Fsp3) is 0.217. The van der Waals surface area contributed by atoms with Crippen molar-refractivity contribution in [2.24, 2.45) is 0 Å². The van der Waals surface area contributed by atoms with Crippen molar-refractivity contribution < 1.29 is 9.53 Å². The van der Waals surface area contributed by atoms with E-state index in [4.69, 9.17) is 15.6 Å². The summed E-state index contributed by atoms with van der Waals surface area (Å²) in [6.07, 6.45) is 3.22. The Morgan fingerprint density at radius 1 is 1.14 bits per heavy atom. The number of nitrogens with zero attached hydrogens (tertiary/aromatic N) is 3. The Balaban J connectivity index is 1.50. The highest BCUT2D eigenvalue weighted by molar-refractivity contribution is 5.87. The maximum atomic E-state index is 12.0. The summed E-state index contributed by atoms with van der Waals surface area (Å²) in [5.41, 5.74) is 8.02. The summed E-state index contributed by atoms with van der Waals surface area (Å²) >= 11 is 0. The molecular formula is C23H24N4O2. The first-order valence-electron chi connectivity index (χ1n) is 9.74. The maximum absolute atomic E-state index is 12.0. The molecule has 0 bridgehead atoms. The van der Waals surface area contributed by atoms with E-state index in [1.165, 1.54) is 6.08 Å². The fourth-order valence-corrected chi connectivity index (χ4v) is 3.64. The Morgan fingerprint density at radius 3 is 2.59 bits per heavy atom. The number of nitrogens with two attached hydrogens (primary N) is 1. The zero-order valence-corrected chi connectivity index (χ0v) is 16.2. The lowest BCUT2D eigenvalue weighted by Gasteiger charge is -2.32. The summed E-state index contributed by atoms with van der Waals surface area (Å²) in [6.45, 7) is 4.93. The Hall–Kier alpha value is -3.54. The summed E-state index contributed by atoms with van der Waals surface area (Å²) in [4.78, 5) is 13.8. The van der Waals surface area contributed by atoms with Gasteiger partial charge in [-0.1, -0.05) is 24.8 Å². The van der Waals surface area contributed by atoms with Crippen LogP contribution in [-0.2, 0) is 4.79 Å². The zero-order valence-electron chi connectivity index (χ0n) is 16.2. The first-order chi connectivity index (χ1) is 14.1. The number of carbonyl (C=O) groups excluding carboxylic acids is 1. The van der Waals surface area contributed by atoms with Gasteiger partial charge in [0.05, 0.1) is 11.7 Å². The highest BCUT2D eigenvalue weighted by Gasteiger charge is 2.25. The summed E-state index contributed by atoms with van der Waals surface area (Å²) in [7, 11) is 0. The van der Waals surface area contributed by atoms with E-state index in [0.717, 1.165) is 42.1 Å². The Bertz CT molecular complexity index is 995. The Kier molecular flexibility index (Phi) is 5.33. The van der Waals surface area contributed by atoms with E-state index in [1.807, 2.05) is 65.3 Å². The molecule has 6 heteroatoms. The molecule has 0 spiro atoms. The number of aromatic nitrogens is 2. The molecule has 0 aliphatic carbocycles. The van der Waals surface area contributed by atoms with E-state index in [1.54, 1.807) is 4.90 Å². The molecule has 1 fully saturated rings. The monoisotopic (exact) mass is 388 g/mol. The van der Waals surface area contributed by atoms with E-state index in [2.05, 4.69) is 6.58 Å². The molecule has 0 radical (unpaired) electrons. The predicted molar refractivity (Wildman–Crippen MR) is 114 cm³/mol. The number of piperidine rings is 1. The van der Waals surface area contributed by atoms with Gasteiger partial charge in [-0.05, 0) is 55.3 Å². The molecule has 1 amide bonds. The predicted octanol–water partition coefficient (Wildman–Crippen LogP) is 4.27. The van der Waals surface area contributed by atoms with Gasteiger partial charge < -0.3 is 15.4 Å². The Morgan fingerprint density at radius 2 is 1.86 bits per heavy atom. The van der Waals surface area contributed by atoms with E-state index < -0.39 is 0 Å². The minimum Gasteiger partial charge on any atom is -0.457 e. The molecule has 1 aromatic heterocycles. The van der Waals surface area contributed by atoms with E-state index >= 15 is 0 Å². The molecule has 4 rings (SSSR count). The van der Waals surface area contributed by atoms with Crippen molar-refractivity contribution in [1.82, 2.24) is 14.7 Å². The van der Waals surface area contributed by atoms with Crippen LogP contribution >= 0.6 is 0 Å². The third-order valence-corrected chi connectivity index (χ3v) is 5.12. The van der Waals surface area contributed by atoms with Crippen molar-refractivity contribution in [3.63, 3.8) is 0 Å². The molecule has 2 aromatic carbocycles. The molecule has 1 aliphatic heterocycles. The lowest BCUT2D eigenvalue weighted by molar-refractivity contribution is -0.127. The largest absolute Gasteiger partial charge is 0.457 e. The SMILES string of the molecule is C=CC(=O)N1CCC[C@H](n2nc(-c3ccc(Oc4ccccc4)cc3)cc2N)C1. The van der Waals surface area contributed by atoms with Gasteiger partial charge in [-0.25, -0.2) is 4.68 Å². The number of rotatable bonds is 5. The second-order valence-electron chi connectivity index (χ2n) is 7.12. The smallest absolute Gasteiger partial charge is 0.246 e. The van der Waals surface area contributed by atoms with Gasteiger partial charge in [0.15, 0.2) is 0 Å². The highest BCUT2D eigenvalue weighted by atomic mass is 16.5. The number of nitrogen functional groups attached to an aromatic ring is 1. The van der Waals surface area contributed by atoms with Crippen LogP contribution < -0.4 is 10.5 Å². The van der Waals surface area contributed by atoms with Crippen LogP contribution in [0.3, 0.4) is 0 Å². The van der Waals surface area contributed by atoms with Gasteiger partial charge in [0, 0.05) is 24.7 Å². The first-order valence-corrected chi connectivity index (χ1v) is 9.74. The number of amides is 1. The van der Waals surface area contributed by atoms with Crippen molar-refractivity contribution >= 4 is 11.7 Å². The molecule has 1 saturated heterocycles. The molecular weight excluding hydrogens is 364 g/mol. The molecule has 6 nitrogen and oxygen atoms in total. The molecule has 0 saturated carbocycles. The molecule has 2 heterocycles. The van der Waals surface area contributed by atoms with E-state index in [-0.39, 0.29) is 11.9 Å². The second-order valence-corrected chi connectivity index (χ2v) is 7.12. The minimum atomic E-state index is -0.0466.